The zero-order valence-corrected chi connectivity index (χ0v) is 13.4. The van der Waals surface area contributed by atoms with Crippen LogP contribution in [0.1, 0.15) is 16.9 Å². The fraction of sp³-hybridized carbons (Fsp3) is 0.0588. The molecular formula is C17H12N2O4S. The van der Waals surface area contributed by atoms with Gasteiger partial charge in [-0.1, -0.05) is 47.7 Å². The molecular weight excluding hydrogens is 328 g/mol. The SMILES string of the molecule is Cc1ccc(C2=NC(=O)/C(=C/C=C/c3ccc([N+](=O)[O-])o3)S2)cc1. The minimum atomic E-state index is -0.603. The molecule has 0 atom stereocenters. The smallest absolute Gasteiger partial charge is 0.401 e. The number of thioether (sulfide) groups is 1. The van der Waals surface area contributed by atoms with Crippen LogP contribution in [0.5, 0.6) is 0 Å². The second-order valence-electron chi connectivity index (χ2n) is 5.01. The van der Waals surface area contributed by atoms with Crippen LogP contribution >= 0.6 is 11.8 Å². The van der Waals surface area contributed by atoms with Crippen LogP contribution in [0.3, 0.4) is 0 Å². The zero-order valence-electron chi connectivity index (χ0n) is 12.6. The molecule has 0 saturated carbocycles. The molecule has 2 heterocycles. The largest absolute Gasteiger partial charge is 0.433 e. The average Bonchev–Trinajstić information content (AvgIpc) is 3.16. The van der Waals surface area contributed by atoms with Gasteiger partial charge in [0.25, 0.3) is 5.91 Å². The van der Waals surface area contributed by atoms with Crippen molar-refractivity contribution in [1.29, 1.82) is 0 Å². The quantitative estimate of drug-likeness (QED) is 0.475. The first-order chi connectivity index (χ1) is 11.5. The monoisotopic (exact) mass is 340 g/mol. The van der Waals surface area contributed by atoms with Crippen molar-refractivity contribution >= 4 is 34.7 Å². The van der Waals surface area contributed by atoms with Gasteiger partial charge in [0.2, 0.25) is 0 Å². The molecule has 0 N–H and O–H groups in total. The molecule has 1 aromatic carbocycles. The highest BCUT2D eigenvalue weighted by atomic mass is 32.2. The maximum Gasteiger partial charge on any atom is 0.433 e. The number of nitro groups is 1. The Morgan fingerprint density at radius 1 is 1.21 bits per heavy atom. The van der Waals surface area contributed by atoms with Crippen molar-refractivity contribution in [3.05, 3.63) is 80.5 Å². The Hall–Kier alpha value is -2.93. The molecule has 1 aliphatic rings. The number of allylic oxidation sites excluding steroid dienone is 2. The number of carbonyl (C=O) groups is 1. The van der Waals surface area contributed by atoms with Gasteiger partial charge in [0.05, 0.1) is 11.0 Å². The van der Waals surface area contributed by atoms with Crippen LogP contribution in [0.2, 0.25) is 0 Å². The van der Waals surface area contributed by atoms with Crippen molar-refractivity contribution in [2.24, 2.45) is 4.99 Å². The number of furan rings is 1. The van der Waals surface area contributed by atoms with Crippen molar-refractivity contribution in [2.75, 3.05) is 0 Å². The third-order valence-electron chi connectivity index (χ3n) is 3.22. The number of rotatable bonds is 4. The number of nitrogens with zero attached hydrogens (tertiary/aromatic N) is 2. The highest BCUT2D eigenvalue weighted by Crippen LogP contribution is 2.30. The van der Waals surface area contributed by atoms with E-state index in [-0.39, 0.29) is 11.8 Å². The molecule has 3 rings (SSSR count). The third kappa shape index (κ3) is 3.52. The van der Waals surface area contributed by atoms with Gasteiger partial charge in [0.1, 0.15) is 15.7 Å². The van der Waals surface area contributed by atoms with E-state index in [1.165, 1.54) is 23.9 Å². The minimum Gasteiger partial charge on any atom is -0.401 e. The molecule has 6 nitrogen and oxygen atoms in total. The van der Waals surface area contributed by atoms with Gasteiger partial charge in [-0.15, -0.1) is 0 Å². The topological polar surface area (TPSA) is 85.7 Å². The Bertz CT molecular complexity index is 892. The standard InChI is InChI=1S/C17H12N2O4S/c1-11-5-7-12(8-6-11)17-18-16(20)14(24-17)4-2-3-13-9-10-15(23-13)19(21)22/h2-10H,1H3/b3-2+,14-4-. The summed E-state index contributed by atoms with van der Waals surface area (Å²) in [6, 6.07) is 10.6. The summed E-state index contributed by atoms with van der Waals surface area (Å²) in [5.41, 5.74) is 2.04. The van der Waals surface area contributed by atoms with E-state index in [1.807, 2.05) is 31.2 Å². The lowest BCUT2D eigenvalue weighted by Gasteiger charge is -1.99. The van der Waals surface area contributed by atoms with Gasteiger partial charge in [0, 0.05) is 5.56 Å². The van der Waals surface area contributed by atoms with Gasteiger partial charge in [-0.2, -0.15) is 0 Å². The van der Waals surface area contributed by atoms with E-state index < -0.39 is 4.92 Å². The summed E-state index contributed by atoms with van der Waals surface area (Å²) in [6.45, 7) is 1.99. The number of carbonyl (C=O) groups excluding carboxylic acids is 1. The summed E-state index contributed by atoms with van der Waals surface area (Å²) in [5, 5.41) is 11.2. The number of benzene rings is 1. The molecule has 0 spiro atoms. The molecule has 0 radical (unpaired) electrons. The number of aryl methyl sites for hydroxylation is 1. The Kier molecular flexibility index (Phi) is 4.43. The van der Waals surface area contributed by atoms with Gasteiger partial charge < -0.3 is 4.42 Å². The fourth-order valence-corrected chi connectivity index (χ4v) is 2.87. The predicted octanol–water partition coefficient (Wildman–Crippen LogP) is 4.11. The van der Waals surface area contributed by atoms with Crippen LogP contribution in [0.25, 0.3) is 6.08 Å². The number of hydrogen-bond donors (Lipinski definition) is 0. The molecule has 0 unspecified atom stereocenters. The maximum absolute atomic E-state index is 11.9. The van der Waals surface area contributed by atoms with Gasteiger partial charge in [-0.05, 0) is 25.1 Å². The zero-order chi connectivity index (χ0) is 17.1. The summed E-state index contributed by atoms with van der Waals surface area (Å²) >= 11 is 1.29. The number of hydrogen-bond acceptors (Lipinski definition) is 5. The maximum atomic E-state index is 11.9. The van der Waals surface area contributed by atoms with E-state index in [1.54, 1.807) is 18.2 Å². The number of amides is 1. The van der Waals surface area contributed by atoms with Gasteiger partial charge >= 0.3 is 5.88 Å². The molecule has 0 fully saturated rings. The van der Waals surface area contributed by atoms with Crippen molar-refractivity contribution < 1.29 is 14.1 Å². The molecule has 120 valence electrons. The Morgan fingerprint density at radius 3 is 2.62 bits per heavy atom. The summed E-state index contributed by atoms with van der Waals surface area (Å²) in [7, 11) is 0. The van der Waals surface area contributed by atoms with Crippen molar-refractivity contribution in [2.45, 2.75) is 6.92 Å². The Labute approximate surface area is 141 Å². The lowest BCUT2D eigenvalue weighted by molar-refractivity contribution is -0.402. The van der Waals surface area contributed by atoms with Crippen LogP contribution in [0, 0.1) is 17.0 Å². The molecule has 0 aliphatic carbocycles. The normalized spacial score (nSPS) is 16.1. The lowest BCUT2D eigenvalue weighted by atomic mass is 10.2. The Balaban J connectivity index is 1.70. The highest BCUT2D eigenvalue weighted by molar-refractivity contribution is 8.19. The number of aliphatic imine (C=N–C) groups is 1. The third-order valence-corrected chi connectivity index (χ3v) is 4.27. The van der Waals surface area contributed by atoms with Crippen molar-refractivity contribution in [1.82, 2.24) is 0 Å². The predicted molar refractivity (Wildman–Crippen MR) is 92.8 cm³/mol. The summed E-state index contributed by atoms with van der Waals surface area (Å²) in [5.74, 6) is -0.280. The van der Waals surface area contributed by atoms with E-state index >= 15 is 0 Å². The molecule has 0 bridgehead atoms. The molecule has 1 amide bonds. The molecule has 1 aliphatic heterocycles. The van der Waals surface area contributed by atoms with E-state index in [4.69, 9.17) is 4.42 Å². The van der Waals surface area contributed by atoms with Crippen LogP contribution in [0.4, 0.5) is 5.88 Å². The Morgan fingerprint density at radius 2 is 1.96 bits per heavy atom. The van der Waals surface area contributed by atoms with E-state index in [2.05, 4.69) is 4.99 Å². The highest BCUT2D eigenvalue weighted by Gasteiger charge is 2.22. The fourth-order valence-electron chi connectivity index (χ4n) is 2.00. The average molecular weight is 340 g/mol. The van der Waals surface area contributed by atoms with Gasteiger partial charge in [0.15, 0.2) is 0 Å². The first kappa shape index (κ1) is 15.9. The molecule has 7 heteroatoms. The van der Waals surface area contributed by atoms with Crippen molar-refractivity contribution in [3.8, 4) is 0 Å². The second-order valence-corrected chi connectivity index (χ2v) is 6.04. The second kappa shape index (κ2) is 6.67. The summed E-state index contributed by atoms with van der Waals surface area (Å²) < 4.78 is 5.00. The van der Waals surface area contributed by atoms with Crippen LogP contribution < -0.4 is 0 Å². The van der Waals surface area contributed by atoms with E-state index in [0.717, 1.165) is 11.1 Å². The summed E-state index contributed by atoms with van der Waals surface area (Å²) in [6.07, 6.45) is 4.78. The van der Waals surface area contributed by atoms with Crippen molar-refractivity contribution in [3.63, 3.8) is 0 Å². The molecule has 1 aromatic heterocycles. The van der Waals surface area contributed by atoms with Gasteiger partial charge in [-0.25, -0.2) is 4.99 Å². The molecule has 0 saturated heterocycles. The molecule has 2 aromatic rings. The van der Waals surface area contributed by atoms with Crippen LogP contribution in [0.15, 0.2) is 62.9 Å². The first-order valence-corrected chi connectivity index (χ1v) is 7.85. The molecule has 24 heavy (non-hydrogen) atoms. The minimum absolute atomic E-state index is 0.300. The van der Waals surface area contributed by atoms with Crippen LogP contribution in [-0.2, 0) is 4.79 Å². The van der Waals surface area contributed by atoms with E-state index in [9.17, 15) is 14.9 Å². The van der Waals surface area contributed by atoms with Crippen LogP contribution in [-0.4, -0.2) is 15.9 Å². The summed E-state index contributed by atoms with van der Waals surface area (Å²) in [4.78, 5) is 26.4. The van der Waals surface area contributed by atoms with Gasteiger partial charge in [-0.3, -0.25) is 14.9 Å². The first-order valence-electron chi connectivity index (χ1n) is 7.03. The van der Waals surface area contributed by atoms with E-state index in [0.29, 0.717) is 15.7 Å². The lowest BCUT2D eigenvalue weighted by Crippen LogP contribution is -1.90.